The molecule has 11 unspecified atom stereocenters. The van der Waals surface area contributed by atoms with Crippen LogP contribution in [0.25, 0.3) is 0 Å². The molecule has 0 aromatic carbocycles. The molecule has 2 aliphatic carbocycles. The number of aliphatic hydroxyl groups is 7. The summed E-state index contributed by atoms with van der Waals surface area (Å²) < 4.78 is 18.1. The average Bonchev–Trinajstić information content (AvgIpc) is 2.77. The van der Waals surface area contributed by atoms with Crippen LogP contribution in [0.5, 0.6) is 0 Å². The zero-order valence-corrected chi connectivity index (χ0v) is 17.5. The molecule has 2 saturated carbocycles. The van der Waals surface area contributed by atoms with E-state index in [0.717, 1.165) is 25.7 Å². The Bertz CT molecular complexity index is 579. The summed E-state index contributed by atoms with van der Waals surface area (Å²) >= 11 is 0. The van der Waals surface area contributed by atoms with Crippen LogP contribution in [0, 0.1) is 11.8 Å². The summed E-state index contributed by atoms with van der Waals surface area (Å²) in [7, 11) is 0. The third kappa shape index (κ3) is 4.79. The Morgan fingerprint density at radius 2 is 1.39 bits per heavy atom. The predicted octanol–water partition coefficient (Wildman–Crippen LogP) is -1.99. The molecule has 0 amide bonds. The number of hydrogen-bond donors (Lipinski definition) is 7. The summed E-state index contributed by atoms with van der Waals surface area (Å²) in [6.45, 7) is -0.543. The van der Waals surface area contributed by atoms with Crippen molar-refractivity contribution in [1.29, 1.82) is 0 Å². The first-order valence-corrected chi connectivity index (χ1v) is 11.5. The molecule has 2 saturated heterocycles. The molecule has 0 aromatic heterocycles. The minimum absolute atomic E-state index is 0.0505. The number of hydrogen-bond acceptors (Lipinski definition) is 10. The van der Waals surface area contributed by atoms with Crippen molar-refractivity contribution >= 4 is 0 Å². The van der Waals surface area contributed by atoms with Gasteiger partial charge in [0.25, 0.3) is 0 Å². The Morgan fingerprint density at radius 1 is 0.710 bits per heavy atom. The molecule has 0 bridgehead atoms. The van der Waals surface area contributed by atoms with E-state index in [1.165, 1.54) is 0 Å². The smallest absolute Gasteiger partial charge is 0.187 e. The van der Waals surface area contributed by atoms with Crippen LogP contribution in [0.3, 0.4) is 0 Å². The van der Waals surface area contributed by atoms with E-state index in [1.54, 1.807) is 0 Å². The molecule has 4 fully saturated rings. The third-order valence-corrected chi connectivity index (χ3v) is 7.57. The maximum Gasteiger partial charge on any atom is 0.187 e. The van der Waals surface area contributed by atoms with Crippen LogP contribution in [0.4, 0.5) is 0 Å². The summed E-state index contributed by atoms with van der Waals surface area (Å²) in [4.78, 5) is 0. The van der Waals surface area contributed by atoms with Crippen LogP contribution in [-0.2, 0) is 14.2 Å². The lowest BCUT2D eigenvalue weighted by molar-refractivity contribution is -0.331. The van der Waals surface area contributed by atoms with E-state index >= 15 is 0 Å². The molecule has 180 valence electrons. The standard InChI is InChI=1S/C21H36O10/c22-8-15-17(26)18(27)19(28)21(31-15)30-14-7-9-3-1-2-4-13(9)29-20(14)10-5-11(23)16(25)12(24)6-10/h9-28H,1-8H2. The summed E-state index contributed by atoms with van der Waals surface area (Å²) in [5.74, 6) is -0.00456. The van der Waals surface area contributed by atoms with Gasteiger partial charge in [-0.3, -0.25) is 0 Å². The predicted molar refractivity (Wildman–Crippen MR) is 105 cm³/mol. The van der Waals surface area contributed by atoms with Crippen LogP contribution >= 0.6 is 0 Å². The highest BCUT2D eigenvalue weighted by Gasteiger charge is 2.50. The van der Waals surface area contributed by atoms with E-state index in [-0.39, 0.29) is 30.8 Å². The number of aliphatic hydroxyl groups excluding tert-OH is 7. The van der Waals surface area contributed by atoms with Crippen LogP contribution < -0.4 is 0 Å². The molecule has 0 spiro atoms. The van der Waals surface area contributed by atoms with Gasteiger partial charge in [0.05, 0.1) is 37.1 Å². The Hall–Kier alpha value is -0.400. The molecule has 2 aliphatic heterocycles. The molecule has 0 radical (unpaired) electrons. The van der Waals surface area contributed by atoms with Gasteiger partial charge in [0.1, 0.15) is 30.5 Å². The monoisotopic (exact) mass is 448 g/mol. The highest BCUT2D eigenvalue weighted by Crippen LogP contribution is 2.43. The fraction of sp³-hybridized carbons (Fsp3) is 1.00. The van der Waals surface area contributed by atoms with Gasteiger partial charge in [0.15, 0.2) is 6.29 Å². The van der Waals surface area contributed by atoms with Gasteiger partial charge < -0.3 is 50.0 Å². The maximum absolute atomic E-state index is 10.4. The van der Waals surface area contributed by atoms with Crippen LogP contribution in [-0.4, -0.2) is 110 Å². The van der Waals surface area contributed by atoms with Gasteiger partial charge in [-0.15, -0.1) is 0 Å². The van der Waals surface area contributed by atoms with Crippen LogP contribution in [0.15, 0.2) is 0 Å². The second kappa shape index (κ2) is 9.84. The molecule has 4 aliphatic rings. The zero-order valence-electron chi connectivity index (χ0n) is 17.5. The largest absolute Gasteiger partial charge is 0.394 e. The topological polar surface area (TPSA) is 169 Å². The first-order valence-electron chi connectivity index (χ1n) is 11.5. The molecule has 10 heteroatoms. The van der Waals surface area contributed by atoms with E-state index in [2.05, 4.69) is 0 Å². The van der Waals surface area contributed by atoms with Crippen LogP contribution in [0.2, 0.25) is 0 Å². The lowest BCUT2D eigenvalue weighted by Crippen LogP contribution is -2.61. The fourth-order valence-corrected chi connectivity index (χ4v) is 5.76. The van der Waals surface area contributed by atoms with Gasteiger partial charge in [0.2, 0.25) is 0 Å². The summed E-state index contributed by atoms with van der Waals surface area (Å²) in [5.41, 5.74) is 0. The van der Waals surface area contributed by atoms with Crippen LogP contribution in [0.1, 0.15) is 44.9 Å². The van der Waals surface area contributed by atoms with Crippen molar-refractivity contribution in [2.24, 2.45) is 11.8 Å². The summed E-state index contributed by atoms with van der Waals surface area (Å²) in [6, 6.07) is 0. The molecular weight excluding hydrogens is 412 g/mol. The Balaban J connectivity index is 1.52. The van der Waals surface area contributed by atoms with Crippen molar-refractivity contribution in [3.05, 3.63) is 0 Å². The van der Waals surface area contributed by atoms with Crippen molar-refractivity contribution in [2.45, 2.75) is 112 Å². The molecule has 4 rings (SSSR count). The van der Waals surface area contributed by atoms with Gasteiger partial charge in [0, 0.05) is 0 Å². The van der Waals surface area contributed by atoms with Crippen molar-refractivity contribution in [3.8, 4) is 0 Å². The Morgan fingerprint density at radius 3 is 2.06 bits per heavy atom. The second-order valence-electron chi connectivity index (χ2n) is 9.65. The van der Waals surface area contributed by atoms with Gasteiger partial charge in [-0.1, -0.05) is 12.8 Å². The number of rotatable bonds is 4. The zero-order chi connectivity index (χ0) is 22.3. The third-order valence-electron chi connectivity index (χ3n) is 7.57. The second-order valence-corrected chi connectivity index (χ2v) is 9.65. The van der Waals surface area contributed by atoms with E-state index in [1.807, 2.05) is 0 Å². The average molecular weight is 449 g/mol. The molecule has 11 atom stereocenters. The van der Waals surface area contributed by atoms with Crippen molar-refractivity contribution < 1.29 is 50.0 Å². The number of ether oxygens (including phenoxy) is 3. The van der Waals surface area contributed by atoms with E-state index in [9.17, 15) is 35.7 Å². The first kappa shape index (κ1) is 23.7. The molecule has 31 heavy (non-hydrogen) atoms. The van der Waals surface area contributed by atoms with E-state index in [0.29, 0.717) is 6.42 Å². The van der Waals surface area contributed by atoms with Gasteiger partial charge >= 0.3 is 0 Å². The lowest BCUT2D eigenvalue weighted by Gasteiger charge is -2.50. The van der Waals surface area contributed by atoms with E-state index < -0.39 is 67.8 Å². The SMILES string of the molecule is OCC1OC(OC2CC3CCCCC3OC2C2CC(O)C(O)C(O)C2)C(O)C(O)C1O. The van der Waals surface area contributed by atoms with Crippen molar-refractivity contribution in [3.63, 3.8) is 0 Å². The fourth-order valence-electron chi connectivity index (χ4n) is 5.76. The molecular formula is C21H36O10. The molecule has 2 heterocycles. The maximum atomic E-state index is 10.4. The molecule has 7 N–H and O–H groups in total. The number of fused-ring (bicyclic) bond motifs is 1. The van der Waals surface area contributed by atoms with Gasteiger partial charge in [-0.25, -0.2) is 0 Å². The normalized spacial score (nSPS) is 53.7. The first-order chi connectivity index (χ1) is 14.8. The van der Waals surface area contributed by atoms with Crippen molar-refractivity contribution in [1.82, 2.24) is 0 Å². The minimum Gasteiger partial charge on any atom is -0.394 e. The van der Waals surface area contributed by atoms with E-state index in [4.69, 9.17) is 14.2 Å². The lowest BCUT2D eigenvalue weighted by atomic mass is 9.73. The highest BCUT2D eigenvalue weighted by atomic mass is 16.7. The molecule has 0 aromatic rings. The van der Waals surface area contributed by atoms with Gasteiger partial charge in [-0.05, 0) is 43.9 Å². The molecule has 10 nitrogen and oxygen atoms in total. The highest BCUT2D eigenvalue weighted by molar-refractivity contribution is 4.97. The van der Waals surface area contributed by atoms with Gasteiger partial charge in [-0.2, -0.15) is 0 Å². The Labute approximate surface area is 181 Å². The Kier molecular flexibility index (Phi) is 7.54. The summed E-state index contributed by atoms with van der Waals surface area (Å²) in [5, 5.41) is 70.3. The minimum atomic E-state index is -1.53. The quantitative estimate of drug-likeness (QED) is 0.256. The van der Waals surface area contributed by atoms with Crippen molar-refractivity contribution in [2.75, 3.05) is 6.61 Å². The summed E-state index contributed by atoms with van der Waals surface area (Å²) in [6.07, 6.45) is -5.98.